The fraction of sp³-hybridized carbons (Fsp3) is 0.526. The first kappa shape index (κ1) is 20.7. The lowest BCUT2D eigenvalue weighted by molar-refractivity contribution is -0.908. The van der Waals surface area contributed by atoms with Crippen molar-refractivity contribution >= 4 is 23.2 Å². The first-order chi connectivity index (χ1) is 13.6. The number of amides is 1. The van der Waals surface area contributed by atoms with Crippen LogP contribution < -0.4 is 25.2 Å². The van der Waals surface area contributed by atoms with Crippen molar-refractivity contribution < 1.29 is 28.7 Å². The standard InChI is InChI=1S/C19H26ClN3O5/c1-25-16-12-17(26-2)14(20)10-13(16)15-11-18(28-22-15)19(24)21-4-3-5-23-6-8-27-9-7-23/h10-12,18,22H,3-9H2,1-2H3,(H,21,24)/p+1/t18-/m0/s1. The van der Waals surface area contributed by atoms with Gasteiger partial charge in [0.2, 0.25) is 0 Å². The van der Waals surface area contributed by atoms with Crippen LogP contribution in [0.3, 0.4) is 0 Å². The van der Waals surface area contributed by atoms with Gasteiger partial charge >= 0.3 is 0 Å². The van der Waals surface area contributed by atoms with Crippen LogP contribution in [0.15, 0.2) is 18.2 Å². The van der Waals surface area contributed by atoms with Crippen molar-refractivity contribution in [2.24, 2.45) is 0 Å². The van der Waals surface area contributed by atoms with Gasteiger partial charge in [-0.1, -0.05) is 11.6 Å². The third kappa shape index (κ3) is 5.08. The van der Waals surface area contributed by atoms with Gasteiger partial charge in [-0.25, -0.2) is 0 Å². The molecule has 1 amide bonds. The molecule has 3 rings (SSSR count). The Morgan fingerprint density at radius 1 is 1.29 bits per heavy atom. The SMILES string of the molecule is COc1cc(OC)c(C2=C[C@@H](C(=O)NCCC[NH+]3CCOCC3)ON2)cc1Cl. The van der Waals surface area contributed by atoms with E-state index in [4.69, 9.17) is 30.6 Å². The number of benzene rings is 1. The molecular weight excluding hydrogens is 386 g/mol. The highest BCUT2D eigenvalue weighted by Gasteiger charge is 2.26. The Morgan fingerprint density at radius 3 is 2.75 bits per heavy atom. The summed E-state index contributed by atoms with van der Waals surface area (Å²) in [6.07, 6.45) is 1.92. The van der Waals surface area contributed by atoms with Crippen LogP contribution >= 0.6 is 11.6 Å². The number of ether oxygens (including phenoxy) is 3. The Bertz CT molecular complexity index is 722. The molecule has 0 bridgehead atoms. The molecule has 2 heterocycles. The van der Waals surface area contributed by atoms with Gasteiger partial charge in [0, 0.05) is 24.6 Å². The monoisotopic (exact) mass is 412 g/mol. The predicted octanol–water partition coefficient (Wildman–Crippen LogP) is 0.0229. The molecule has 1 saturated heterocycles. The first-order valence-corrected chi connectivity index (χ1v) is 9.74. The quantitative estimate of drug-likeness (QED) is 0.522. The number of hydroxylamine groups is 1. The van der Waals surface area contributed by atoms with Crippen molar-refractivity contribution in [1.29, 1.82) is 0 Å². The van der Waals surface area contributed by atoms with Crippen LogP contribution in [0.2, 0.25) is 5.02 Å². The Morgan fingerprint density at radius 2 is 2.04 bits per heavy atom. The third-order valence-corrected chi connectivity index (χ3v) is 5.14. The van der Waals surface area contributed by atoms with Gasteiger partial charge in [-0.05, 0) is 12.1 Å². The molecule has 8 nitrogen and oxygen atoms in total. The average molecular weight is 413 g/mol. The molecular formula is C19H27ClN3O5+. The normalized spacial score (nSPS) is 19.7. The summed E-state index contributed by atoms with van der Waals surface area (Å²) in [6.45, 7) is 5.33. The molecule has 0 saturated carbocycles. The highest BCUT2D eigenvalue weighted by molar-refractivity contribution is 6.32. The minimum atomic E-state index is -0.712. The van der Waals surface area contributed by atoms with Gasteiger partial charge in [-0.2, -0.15) is 0 Å². The largest absolute Gasteiger partial charge is 0.496 e. The van der Waals surface area contributed by atoms with Crippen LogP contribution in [0.1, 0.15) is 12.0 Å². The van der Waals surface area contributed by atoms with Crippen LogP contribution in [-0.2, 0) is 14.4 Å². The number of halogens is 1. The van der Waals surface area contributed by atoms with Crippen molar-refractivity contribution in [1.82, 2.24) is 10.8 Å². The van der Waals surface area contributed by atoms with E-state index in [9.17, 15) is 4.79 Å². The summed E-state index contributed by atoms with van der Waals surface area (Å²) in [5, 5.41) is 3.37. The van der Waals surface area contributed by atoms with E-state index in [2.05, 4.69) is 10.8 Å². The van der Waals surface area contributed by atoms with E-state index in [0.717, 1.165) is 39.3 Å². The van der Waals surface area contributed by atoms with Gasteiger partial charge in [-0.15, -0.1) is 0 Å². The summed E-state index contributed by atoms with van der Waals surface area (Å²) in [4.78, 5) is 19.3. The summed E-state index contributed by atoms with van der Waals surface area (Å²) in [5.41, 5.74) is 4.11. The van der Waals surface area contributed by atoms with Gasteiger partial charge in [-0.3, -0.25) is 15.1 Å². The number of hydrogen-bond donors (Lipinski definition) is 3. The molecule has 1 fully saturated rings. The number of carbonyl (C=O) groups excluding carboxylic acids is 1. The number of nitrogens with one attached hydrogen (secondary N) is 3. The van der Waals surface area contributed by atoms with Crippen molar-refractivity contribution in [2.45, 2.75) is 12.5 Å². The number of carbonyl (C=O) groups is 1. The van der Waals surface area contributed by atoms with Crippen LogP contribution in [0.4, 0.5) is 0 Å². The zero-order chi connectivity index (χ0) is 19.9. The molecule has 2 aliphatic rings. The molecule has 1 aromatic carbocycles. The fourth-order valence-electron chi connectivity index (χ4n) is 3.25. The van der Waals surface area contributed by atoms with Crippen molar-refractivity contribution in [3.05, 3.63) is 28.8 Å². The van der Waals surface area contributed by atoms with Gasteiger partial charge in [0.1, 0.15) is 24.6 Å². The minimum absolute atomic E-state index is 0.182. The Balaban J connectivity index is 1.54. The molecule has 0 unspecified atom stereocenters. The van der Waals surface area contributed by atoms with Crippen molar-refractivity contribution in [3.8, 4) is 11.5 Å². The first-order valence-electron chi connectivity index (χ1n) is 9.36. The van der Waals surface area contributed by atoms with E-state index in [-0.39, 0.29) is 5.91 Å². The number of methoxy groups -OCH3 is 2. The van der Waals surface area contributed by atoms with Gasteiger partial charge in [0.15, 0.2) is 6.10 Å². The number of hydrogen-bond acceptors (Lipinski definition) is 6. The van der Waals surface area contributed by atoms with Crippen LogP contribution in [-0.4, -0.2) is 65.6 Å². The van der Waals surface area contributed by atoms with Gasteiger partial charge in [0.05, 0.1) is 44.7 Å². The number of morpholine rings is 1. The van der Waals surface area contributed by atoms with Crippen LogP contribution in [0.25, 0.3) is 5.70 Å². The fourth-order valence-corrected chi connectivity index (χ4v) is 3.49. The molecule has 3 N–H and O–H groups in total. The molecule has 0 spiro atoms. The van der Waals surface area contributed by atoms with E-state index >= 15 is 0 Å². The summed E-state index contributed by atoms with van der Waals surface area (Å²) in [5.74, 6) is 0.898. The maximum Gasteiger partial charge on any atom is 0.256 e. The topological polar surface area (TPSA) is 82.5 Å². The van der Waals surface area contributed by atoms with Gasteiger partial charge < -0.3 is 24.4 Å². The average Bonchev–Trinajstić information content (AvgIpc) is 3.22. The lowest BCUT2D eigenvalue weighted by Gasteiger charge is -2.23. The minimum Gasteiger partial charge on any atom is -0.496 e. The molecule has 1 atom stereocenters. The number of rotatable bonds is 8. The maximum absolute atomic E-state index is 12.4. The van der Waals surface area contributed by atoms with Crippen LogP contribution in [0, 0.1) is 0 Å². The highest BCUT2D eigenvalue weighted by atomic mass is 35.5. The second kappa shape index (κ2) is 9.97. The lowest BCUT2D eigenvalue weighted by atomic mass is 10.1. The Kier molecular flexibility index (Phi) is 7.38. The zero-order valence-electron chi connectivity index (χ0n) is 16.2. The molecule has 9 heteroatoms. The second-order valence-electron chi connectivity index (χ2n) is 6.66. The summed E-state index contributed by atoms with van der Waals surface area (Å²) < 4.78 is 16.0. The predicted molar refractivity (Wildman–Crippen MR) is 105 cm³/mol. The number of quaternary nitrogens is 1. The molecule has 154 valence electrons. The van der Waals surface area contributed by atoms with Crippen molar-refractivity contribution in [3.63, 3.8) is 0 Å². The Labute approximate surface area is 169 Å². The summed E-state index contributed by atoms with van der Waals surface area (Å²) in [7, 11) is 3.10. The molecule has 0 aliphatic carbocycles. The second-order valence-corrected chi connectivity index (χ2v) is 7.07. The summed E-state index contributed by atoms with van der Waals surface area (Å²) >= 11 is 6.22. The maximum atomic E-state index is 12.4. The molecule has 0 radical (unpaired) electrons. The Hall–Kier alpha value is -2.00. The molecule has 0 aromatic heterocycles. The van der Waals surface area contributed by atoms with E-state index in [1.54, 1.807) is 25.3 Å². The smallest absolute Gasteiger partial charge is 0.256 e. The van der Waals surface area contributed by atoms with E-state index in [1.807, 2.05) is 0 Å². The third-order valence-electron chi connectivity index (χ3n) is 4.84. The molecule has 1 aromatic rings. The zero-order valence-corrected chi connectivity index (χ0v) is 16.9. The summed E-state index contributed by atoms with van der Waals surface area (Å²) in [6, 6.07) is 3.41. The highest BCUT2D eigenvalue weighted by Crippen LogP contribution is 2.36. The van der Waals surface area contributed by atoms with E-state index in [0.29, 0.717) is 34.3 Å². The van der Waals surface area contributed by atoms with Gasteiger partial charge in [0.25, 0.3) is 5.91 Å². The molecule has 28 heavy (non-hydrogen) atoms. The van der Waals surface area contributed by atoms with Crippen molar-refractivity contribution in [2.75, 3.05) is 53.6 Å². The molecule has 2 aliphatic heterocycles. The van der Waals surface area contributed by atoms with Crippen LogP contribution in [0.5, 0.6) is 11.5 Å². The van der Waals surface area contributed by atoms with E-state index in [1.165, 1.54) is 12.0 Å². The van der Waals surface area contributed by atoms with E-state index < -0.39 is 6.10 Å². The lowest BCUT2D eigenvalue weighted by Crippen LogP contribution is -3.14.